The molecular weight excluding hydrogens is 363 g/mol. The van der Waals surface area contributed by atoms with E-state index in [0.29, 0.717) is 24.5 Å². The minimum atomic E-state index is -2.62. The highest BCUT2D eigenvalue weighted by Crippen LogP contribution is 2.32. The third-order valence-corrected chi connectivity index (χ3v) is 5.00. The van der Waals surface area contributed by atoms with Gasteiger partial charge >= 0.3 is 8.25 Å². The van der Waals surface area contributed by atoms with E-state index in [1.165, 1.54) is 0 Å². The molecule has 3 aromatic rings. The van der Waals surface area contributed by atoms with Gasteiger partial charge in [-0.25, -0.2) is 4.57 Å². The fraction of sp³-hybridized carbons (Fsp3) is 0.250. The standard InChI is InChI=1S/C20H23N2O4P/c1-2-10-25-27(24)26-16-8-9-19-17(11-16)18(20(23)12-21)14-22(19)13-15-6-4-3-5-7-15/h3-9,11,14,27H,2,10,12-13,21H2,1H3. The van der Waals surface area contributed by atoms with E-state index in [0.717, 1.165) is 22.9 Å². The largest absolute Gasteiger partial charge is 0.426 e. The van der Waals surface area contributed by atoms with Gasteiger partial charge in [-0.1, -0.05) is 37.3 Å². The molecule has 1 heterocycles. The highest BCUT2D eigenvalue weighted by Gasteiger charge is 2.16. The molecular formula is C20H23N2O4P. The number of fused-ring (bicyclic) bond motifs is 1. The van der Waals surface area contributed by atoms with Crippen molar-refractivity contribution in [1.29, 1.82) is 0 Å². The first kappa shape index (κ1) is 19.4. The third-order valence-electron chi connectivity index (χ3n) is 4.16. The SMILES string of the molecule is CCCO[PH](=O)Oc1ccc2c(c1)c(C(=O)CN)cn2Cc1ccccc1. The lowest BCUT2D eigenvalue weighted by atomic mass is 10.1. The minimum absolute atomic E-state index is 0.0776. The summed E-state index contributed by atoms with van der Waals surface area (Å²) in [6, 6.07) is 15.3. The predicted molar refractivity (Wildman–Crippen MR) is 107 cm³/mol. The van der Waals surface area contributed by atoms with Crippen molar-refractivity contribution in [3.63, 3.8) is 0 Å². The average Bonchev–Trinajstić information content (AvgIpc) is 3.04. The molecule has 0 amide bonds. The second kappa shape index (κ2) is 9.00. The van der Waals surface area contributed by atoms with Crippen molar-refractivity contribution in [2.45, 2.75) is 19.9 Å². The fourth-order valence-corrected chi connectivity index (χ4v) is 3.64. The van der Waals surface area contributed by atoms with Crippen LogP contribution in [0.4, 0.5) is 0 Å². The van der Waals surface area contributed by atoms with Crippen LogP contribution in [0, 0.1) is 0 Å². The van der Waals surface area contributed by atoms with Crippen LogP contribution in [-0.2, 0) is 15.6 Å². The smallest absolute Gasteiger partial charge is 0.367 e. The topological polar surface area (TPSA) is 83.6 Å². The van der Waals surface area contributed by atoms with Crippen molar-refractivity contribution in [1.82, 2.24) is 4.57 Å². The van der Waals surface area contributed by atoms with Gasteiger partial charge in [0.05, 0.1) is 13.2 Å². The molecule has 0 radical (unpaired) electrons. The molecule has 3 rings (SSSR count). The number of aromatic nitrogens is 1. The Labute approximate surface area is 158 Å². The third kappa shape index (κ3) is 4.66. The van der Waals surface area contributed by atoms with E-state index in [1.54, 1.807) is 12.1 Å². The molecule has 0 bridgehead atoms. The maximum absolute atomic E-state index is 12.3. The Morgan fingerprint density at radius 3 is 2.67 bits per heavy atom. The van der Waals surface area contributed by atoms with Gasteiger partial charge in [0.1, 0.15) is 5.75 Å². The van der Waals surface area contributed by atoms with Crippen LogP contribution in [0.25, 0.3) is 10.9 Å². The molecule has 2 N–H and O–H groups in total. The Morgan fingerprint density at radius 2 is 1.96 bits per heavy atom. The zero-order valence-electron chi connectivity index (χ0n) is 15.2. The summed E-state index contributed by atoms with van der Waals surface area (Å²) in [5.74, 6) is 0.255. The van der Waals surface area contributed by atoms with Gasteiger partial charge in [-0.2, -0.15) is 0 Å². The Hall–Kier alpha value is -2.40. The van der Waals surface area contributed by atoms with Gasteiger partial charge in [0, 0.05) is 29.2 Å². The molecule has 0 aliphatic rings. The van der Waals surface area contributed by atoms with Gasteiger partial charge in [0.25, 0.3) is 0 Å². The number of benzene rings is 2. The van der Waals surface area contributed by atoms with E-state index in [2.05, 4.69) is 0 Å². The second-order valence-electron chi connectivity index (χ2n) is 6.16. The number of rotatable bonds is 9. The van der Waals surface area contributed by atoms with E-state index in [9.17, 15) is 9.36 Å². The molecule has 0 aliphatic heterocycles. The lowest BCUT2D eigenvalue weighted by molar-refractivity contribution is 0.100. The molecule has 0 spiro atoms. The Morgan fingerprint density at radius 1 is 1.19 bits per heavy atom. The second-order valence-corrected chi connectivity index (χ2v) is 7.16. The van der Waals surface area contributed by atoms with Crippen LogP contribution in [0.5, 0.6) is 5.75 Å². The van der Waals surface area contributed by atoms with Crippen molar-refractivity contribution >= 4 is 24.9 Å². The van der Waals surface area contributed by atoms with Crippen molar-refractivity contribution < 1.29 is 18.4 Å². The molecule has 7 heteroatoms. The predicted octanol–water partition coefficient (Wildman–Crippen LogP) is 4.03. The number of carbonyl (C=O) groups is 1. The van der Waals surface area contributed by atoms with Crippen LogP contribution >= 0.6 is 8.25 Å². The van der Waals surface area contributed by atoms with Gasteiger partial charge in [-0.3, -0.25) is 4.79 Å². The Kier molecular flexibility index (Phi) is 6.45. The monoisotopic (exact) mass is 386 g/mol. The van der Waals surface area contributed by atoms with E-state index in [4.69, 9.17) is 14.8 Å². The van der Waals surface area contributed by atoms with E-state index in [-0.39, 0.29) is 12.3 Å². The minimum Gasteiger partial charge on any atom is -0.426 e. The van der Waals surface area contributed by atoms with Crippen LogP contribution < -0.4 is 10.3 Å². The molecule has 0 saturated heterocycles. The van der Waals surface area contributed by atoms with Crippen LogP contribution in [-0.4, -0.2) is 23.5 Å². The maximum Gasteiger partial charge on any atom is 0.367 e. The van der Waals surface area contributed by atoms with Crippen molar-refractivity contribution in [3.8, 4) is 5.75 Å². The molecule has 0 fully saturated rings. The number of Topliss-reactive ketones (excluding diaryl/α,β-unsaturated/α-hetero) is 1. The van der Waals surface area contributed by atoms with Crippen molar-refractivity contribution in [2.75, 3.05) is 13.2 Å². The molecule has 1 unspecified atom stereocenters. The van der Waals surface area contributed by atoms with Crippen LogP contribution in [0.1, 0.15) is 29.3 Å². The van der Waals surface area contributed by atoms with Crippen LogP contribution in [0.3, 0.4) is 0 Å². The number of hydrogen-bond acceptors (Lipinski definition) is 5. The summed E-state index contributed by atoms with van der Waals surface area (Å²) in [5, 5.41) is 0.726. The molecule has 27 heavy (non-hydrogen) atoms. The number of carbonyl (C=O) groups excluding carboxylic acids is 1. The molecule has 0 aliphatic carbocycles. The molecule has 142 valence electrons. The zero-order valence-corrected chi connectivity index (χ0v) is 16.2. The number of nitrogens with two attached hydrogens (primary N) is 1. The van der Waals surface area contributed by atoms with Crippen LogP contribution in [0.15, 0.2) is 54.7 Å². The summed E-state index contributed by atoms with van der Waals surface area (Å²) < 4.78 is 24.4. The summed E-state index contributed by atoms with van der Waals surface area (Å²) in [7, 11) is -2.62. The van der Waals surface area contributed by atoms with E-state index in [1.807, 2.05) is 54.1 Å². The molecule has 0 saturated carbocycles. The summed E-state index contributed by atoms with van der Waals surface area (Å²) in [5.41, 5.74) is 8.12. The highest BCUT2D eigenvalue weighted by atomic mass is 31.1. The Bertz CT molecular complexity index is 953. The first-order chi connectivity index (χ1) is 13.1. The zero-order chi connectivity index (χ0) is 19.2. The number of hydrogen-bond donors (Lipinski definition) is 1. The summed E-state index contributed by atoms with van der Waals surface area (Å²) >= 11 is 0. The lowest BCUT2D eigenvalue weighted by Crippen LogP contribution is -2.13. The average molecular weight is 386 g/mol. The highest BCUT2D eigenvalue weighted by molar-refractivity contribution is 7.33. The summed E-state index contributed by atoms with van der Waals surface area (Å²) in [4.78, 5) is 12.3. The number of nitrogens with zero attached hydrogens (tertiary/aromatic N) is 1. The molecule has 6 nitrogen and oxygen atoms in total. The van der Waals surface area contributed by atoms with Crippen molar-refractivity contribution in [2.24, 2.45) is 5.73 Å². The van der Waals surface area contributed by atoms with Crippen LogP contribution in [0.2, 0.25) is 0 Å². The van der Waals surface area contributed by atoms with Gasteiger partial charge in [0.15, 0.2) is 5.78 Å². The number of ketones is 1. The van der Waals surface area contributed by atoms with E-state index < -0.39 is 8.25 Å². The molecule has 1 aromatic heterocycles. The maximum atomic E-state index is 12.3. The van der Waals surface area contributed by atoms with Gasteiger partial charge < -0.3 is 19.3 Å². The molecule has 1 atom stereocenters. The summed E-state index contributed by atoms with van der Waals surface area (Å²) in [6.07, 6.45) is 2.57. The quantitative estimate of drug-likeness (QED) is 0.443. The molecule has 2 aromatic carbocycles. The first-order valence-corrected chi connectivity index (χ1v) is 10.1. The normalized spacial score (nSPS) is 12.2. The van der Waals surface area contributed by atoms with Gasteiger partial charge in [-0.15, -0.1) is 0 Å². The summed E-state index contributed by atoms with van der Waals surface area (Å²) in [6.45, 7) is 2.86. The van der Waals surface area contributed by atoms with Crippen molar-refractivity contribution in [3.05, 3.63) is 65.9 Å². The van der Waals surface area contributed by atoms with Gasteiger partial charge in [-0.05, 0) is 30.2 Å². The lowest BCUT2D eigenvalue weighted by Gasteiger charge is -2.08. The fourth-order valence-electron chi connectivity index (χ4n) is 2.89. The van der Waals surface area contributed by atoms with E-state index >= 15 is 0 Å². The Balaban J connectivity index is 1.96. The first-order valence-electron chi connectivity index (χ1n) is 8.87. The van der Waals surface area contributed by atoms with Gasteiger partial charge in [0.2, 0.25) is 0 Å².